The number of aliphatic hydroxyl groups is 1. The Hall–Kier alpha value is -3.81. The Morgan fingerprint density at radius 1 is 1.17 bits per heavy atom. The number of nitrogens with one attached hydrogen (secondary N) is 2. The minimum atomic E-state index is -0.259. The monoisotopic (exact) mass is 510 g/mol. The van der Waals surface area contributed by atoms with Crippen molar-refractivity contribution in [3.63, 3.8) is 0 Å². The van der Waals surface area contributed by atoms with E-state index in [9.17, 15) is 10.1 Å². The van der Waals surface area contributed by atoms with E-state index in [0.29, 0.717) is 34.0 Å². The summed E-state index contributed by atoms with van der Waals surface area (Å²) in [5.41, 5.74) is 2.98. The van der Waals surface area contributed by atoms with E-state index >= 15 is 0 Å². The molecule has 2 aromatic heterocycles. The molecule has 0 bridgehead atoms. The van der Waals surface area contributed by atoms with Gasteiger partial charge in [0.1, 0.15) is 16.9 Å². The van der Waals surface area contributed by atoms with E-state index in [0.717, 1.165) is 12.7 Å². The molecule has 0 radical (unpaired) electrons. The number of hydrogen-bond donors (Lipinski definition) is 3. The molecule has 3 aromatic rings. The number of amides is 1. The van der Waals surface area contributed by atoms with Crippen LogP contribution >= 0.6 is 23.2 Å². The first-order valence-corrected chi connectivity index (χ1v) is 11.0. The quantitative estimate of drug-likeness (QED) is 0.216. The Balaban J connectivity index is 0.000000997. The van der Waals surface area contributed by atoms with Crippen molar-refractivity contribution in [2.45, 2.75) is 20.4 Å². The molecule has 0 aliphatic carbocycles. The Labute approximate surface area is 216 Å². The van der Waals surface area contributed by atoms with Crippen LogP contribution in [0.15, 0.2) is 73.1 Å². The molecular weight excluding hydrogens is 483 g/mol. The number of rotatable bonds is 5. The van der Waals surface area contributed by atoms with Crippen LogP contribution in [0.1, 0.15) is 35.5 Å². The fraction of sp³-hybridized carbons (Fsp3) is 0.148. The Morgan fingerprint density at radius 2 is 1.83 bits per heavy atom. The van der Waals surface area contributed by atoms with Crippen LogP contribution in [-0.2, 0) is 6.54 Å². The number of carbonyl (C=O) groups excluding carboxylic acids is 1. The average Bonchev–Trinajstić information content (AvgIpc) is 3.39. The van der Waals surface area contributed by atoms with Crippen molar-refractivity contribution in [3.05, 3.63) is 100 Å². The smallest absolute Gasteiger partial charge is 0.267 e. The summed E-state index contributed by atoms with van der Waals surface area (Å²) in [6.45, 7) is 4.36. The summed E-state index contributed by atoms with van der Waals surface area (Å²) in [5.74, 6) is -0.259. The highest BCUT2D eigenvalue weighted by molar-refractivity contribution is 6.30. The van der Waals surface area contributed by atoms with Gasteiger partial charge in [-0.2, -0.15) is 5.26 Å². The molecule has 0 aliphatic heterocycles. The molecule has 6 nitrogen and oxygen atoms in total. The van der Waals surface area contributed by atoms with E-state index in [1.807, 2.05) is 50.3 Å². The zero-order valence-corrected chi connectivity index (χ0v) is 21.3. The van der Waals surface area contributed by atoms with Crippen molar-refractivity contribution in [1.29, 1.82) is 5.26 Å². The number of carbonyl (C=O) groups is 1. The summed E-state index contributed by atoms with van der Waals surface area (Å²) in [5, 5.41) is 19.9. The van der Waals surface area contributed by atoms with Gasteiger partial charge < -0.3 is 15.4 Å². The van der Waals surface area contributed by atoms with Gasteiger partial charge >= 0.3 is 0 Å². The first kappa shape index (κ1) is 31.2. The summed E-state index contributed by atoms with van der Waals surface area (Å²) >= 11 is 11.8. The number of nitriles is 1. The number of allylic oxidation sites excluding steroid dienone is 4. The van der Waals surface area contributed by atoms with E-state index in [2.05, 4.69) is 34.2 Å². The van der Waals surface area contributed by atoms with Crippen LogP contribution in [0.3, 0.4) is 0 Å². The molecular formula is C27H28Cl2N4O2. The topological polar surface area (TPSA) is 102 Å². The number of terminal acetylenes is 1. The predicted octanol–water partition coefficient (Wildman–Crippen LogP) is 6.18. The normalized spacial score (nSPS) is 9.57. The molecule has 8 heteroatoms. The summed E-state index contributed by atoms with van der Waals surface area (Å²) < 4.78 is 0. The standard InChI is InChI=1S/C18H12Cl2N4O.C6H10.C2H2.CH4O/c19-14-3-1-2-11(4-14)8-24-18(25)16-5-12(9-22-16)15-6-17(20)23-10-13(15)7-21;1-3-5-6-4-2;2*1-2/h1-6,9-10,22H,8H2,(H,24,25);3-6H,1-2H3;1-2H;2H,1H3/b;5-3-,6-4-;;. The van der Waals surface area contributed by atoms with Gasteiger partial charge in [-0.15, -0.1) is 12.8 Å². The van der Waals surface area contributed by atoms with Crippen LogP contribution in [0, 0.1) is 24.2 Å². The number of nitrogens with zero attached hydrogens (tertiary/aromatic N) is 2. The van der Waals surface area contributed by atoms with Crippen molar-refractivity contribution < 1.29 is 9.90 Å². The Morgan fingerprint density at radius 3 is 2.40 bits per heavy atom. The lowest BCUT2D eigenvalue weighted by molar-refractivity contribution is 0.0946. The van der Waals surface area contributed by atoms with Gasteiger partial charge in [0.2, 0.25) is 0 Å². The van der Waals surface area contributed by atoms with Crippen molar-refractivity contribution in [2.24, 2.45) is 0 Å². The summed E-state index contributed by atoms with van der Waals surface area (Å²) in [7, 11) is 1.00. The minimum Gasteiger partial charge on any atom is -0.400 e. The number of benzene rings is 1. The number of aliphatic hydroxyl groups excluding tert-OH is 1. The molecule has 2 heterocycles. The first-order chi connectivity index (χ1) is 17.0. The van der Waals surface area contributed by atoms with Gasteiger partial charge in [-0.1, -0.05) is 59.6 Å². The highest BCUT2D eigenvalue weighted by atomic mass is 35.5. The summed E-state index contributed by atoms with van der Waals surface area (Å²) in [4.78, 5) is 19.1. The molecule has 1 amide bonds. The Kier molecular flexibility index (Phi) is 16.6. The van der Waals surface area contributed by atoms with Crippen LogP contribution in [0.25, 0.3) is 11.1 Å². The third-order valence-electron chi connectivity index (χ3n) is 4.07. The van der Waals surface area contributed by atoms with Crippen molar-refractivity contribution in [3.8, 4) is 30.0 Å². The molecule has 0 atom stereocenters. The molecule has 3 rings (SSSR count). The molecule has 0 fully saturated rings. The van der Waals surface area contributed by atoms with Gasteiger partial charge in [0.15, 0.2) is 0 Å². The van der Waals surface area contributed by atoms with E-state index in [1.54, 1.807) is 30.5 Å². The lowest BCUT2D eigenvalue weighted by Crippen LogP contribution is -2.22. The van der Waals surface area contributed by atoms with Crippen LogP contribution in [0.2, 0.25) is 10.2 Å². The van der Waals surface area contributed by atoms with E-state index in [-0.39, 0.29) is 11.1 Å². The molecule has 0 spiro atoms. The maximum absolute atomic E-state index is 12.3. The fourth-order valence-electron chi connectivity index (χ4n) is 2.59. The van der Waals surface area contributed by atoms with Gasteiger partial charge in [-0.3, -0.25) is 4.79 Å². The summed E-state index contributed by atoms with van der Waals surface area (Å²) in [6.07, 6.45) is 19.1. The maximum Gasteiger partial charge on any atom is 0.267 e. The highest BCUT2D eigenvalue weighted by Crippen LogP contribution is 2.26. The predicted molar refractivity (Wildman–Crippen MR) is 144 cm³/mol. The van der Waals surface area contributed by atoms with Crippen molar-refractivity contribution in [1.82, 2.24) is 15.3 Å². The van der Waals surface area contributed by atoms with Gasteiger partial charge in [-0.05, 0) is 43.7 Å². The SMILES string of the molecule is C#C.C/C=C\C=C/C.CO.N#Cc1cnc(Cl)cc1-c1c[nH]c(C(=O)NCc2cccc(Cl)c2)c1. The second kappa shape index (κ2) is 18.6. The molecule has 1 aromatic carbocycles. The fourth-order valence-corrected chi connectivity index (χ4v) is 2.96. The third-order valence-corrected chi connectivity index (χ3v) is 4.51. The second-order valence-electron chi connectivity index (χ2n) is 6.33. The molecule has 0 unspecified atom stereocenters. The van der Waals surface area contributed by atoms with E-state index in [4.69, 9.17) is 28.3 Å². The van der Waals surface area contributed by atoms with Crippen LogP contribution in [0.4, 0.5) is 0 Å². The van der Waals surface area contributed by atoms with Crippen molar-refractivity contribution >= 4 is 29.1 Å². The lowest BCUT2D eigenvalue weighted by atomic mass is 10.1. The first-order valence-electron chi connectivity index (χ1n) is 10.3. The molecule has 35 heavy (non-hydrogen) atoms. The zero-order chi connectivity index (χ0) is 26.6. The highest BCUT2D eigenvalue weighted by Gasteiger charge is 2.13. The third kappa shape index (κ3) is 11.2. The number of aromatic nitrogens is 2. The number of H-pyrrole nitrogens is 1. The molecule has 0 saturated heterocycles. The van der Waals surface area contributed by atoms with Crippen LogP contribution < -0.4 is 5.32 Å². The van der Waals surface area contributed by atoms with Crippen molar-refractivity contribution in [2.75, 3.05) is 7.11 Å². The number of aromatic amines is 1. The van der Waals surface area contributed by atoms with Crippen LogP contribution in [-0.4, -0.2) is 28.1 Å². The van der Waals surface area contributed by atoms with Gasteiger partial charge in [-0.25, -0.2) is 4.98 Å². The van der Waals surface area contributed by atoms with Gasteiger partial charge in [0.25, 0.3) is 5.91 Å². The lowest BCUT2D eigenvalue weighted by Gasteiger charge is -2.04. The van der Waals surface area contributed by atoms with Gasteiger partial charge in [0, 0.05) is 42.2 Å². The van der Waals surface area contributed by atoms with Gasteiger partial charge in [0.05, 0.1) is 5.56 Å². The van der Waals surface area contributed by atoms with E-state index in [1.165, 1.54) is 6.20 Å². The molecule has 3 N–H and O–H groups in total. The minimum absolute atomic E-state index is 0.259. The largest absolute Gasteiger partial charge is 0.400 e. The number of hydrogen-bond acceptors (Lipinski definition) is 4. The maximum atomic E-state index is 12.3. The Bertz CT molecular complexity index is 1170. The molecule has 0 aliphatic rings. The number of pyridine rings is 1. The van der Waals surface area contributed by atoms with E-state index < -0.39 is 0 Å². The average molecular weight is 511 g/mol. The zero-order valence-electron chi connectivity index (χ0n) is 19.8. The molecule has 182 valence electrons. The van der Waals surface area contributed by atoms with Crippen LogP contribution in [0.5, 0.6) is 0 Å². The summed E-state index contributed by atoms with van der Waals surface area (Å²) in [6, 6.07) is 12.6. The second-order valence-corrected chi connectivity index (χ2v) is 7.15. The number of halogens is 2. The molecule has 0 saturated carbocycles.